The number of carbonyl (C=O) groups excluding carboxylic acids is 4. The third kappa shape index (κ3) is 8.94. The highest BCUT2D eigenvalue weighted by Crippen LogP contribution is 2.30. The van der Waals surface area contributed by atoms with Crippen molar-refractivity contribution < 1.29 is 48.8 Å². The van der Waals surface area contributed by atoms with Crippen LogP contribution in [0.15, 0.2) is 30.4 Å². The van der Waals surface area contributed by atoms with Crippen LogP contribution in [0.3, 0.4) is 0 Å². The van der Waals surface area contributed by atoms with E-state index in [4.69, 9.17) is 9.47 Å². The molecule has 0 radical (unpaired) electrons. The molecular formula is C29H38N2O10. The van der Waals surface area contributed by atoms with E-state index in [1.165, 1.54) is 0 Å². The van der Waals surface area contributed by atoms with Gasteiger partial charge in [0.25, 0.3) is 11.8 Å². The van der Waals surface area contributed by atoms with Gasteiger partial charge in [0.2, 0.25) is 12.2 Å². The molecule has 0 unspecified atom stereocenters. The number of aryl methyl sites for hydroxylation is 2. The van der Waals surface area contributed by atoms with E-state index in [2.05, 4.69) is 5.32 Å². The van der Waals surface area contributed by atoms with E-state index in [0.29, 0.717) is 43.5 Å². The van der Waals surface area contributed by atoms with Crippen LogP contribution in [0.4, 0.5) is 0 Å². The molecule has 4 atom stereocenters. The fraction of sp³-hybridized carbons (Fsp3) is 0.552. The van der Waals surface area contributed by atoms with Gasteiger partial charge in [-0.2, -0.15) is 0 Å². The van der Waals surface area contributed by atoms with Crippen molar-refractivity contribution in [3.05, 3.63) is 41.5 Å². The highest BCUT2D eigenvalue weighted by Gasteiger charge is 2.41. The van der Waals surface area contributed by atoms with E-state index >= 15 is 0 Å². The number of aliphatic hydroxyl groups is 2. The van der Waals surface area contributed by atoms with Crippen LogP contribution in [0.1, 0.15) is 57.6 Å². The molecule has 0 bridgehead atoms. The van der Waals surface area contributed by atoms with E-state index in [9.17, 15) is 39.3 Å². The summed E-state index contributed by atoms with van der Waals surface area (Å²) in [5.41, 5.74) is 1.01. The monoisotopic (exact) mass is 574 g/mol. The minimum absolute atomic E-state index is 0.0552. The Morgan fingerprint density at radius 3 is 2.39 bits per heavy atom. The molecule has 1 aromatic rings. The number of rotatable bonds is 13. The second kappa shape index (κ2) is 13.8. The topological polar surface area (TPSA) is 180 Å². The van der Waals surface area contributed by atoms with Gasteiger partial charge in [0, 0.05) is 37.0 Å². The number of unbranched alkanes of at least 4 members (excludes halogenated alkanes) is 1. The number of carboxylic acid groups (broad SMARTS) is 1. The minimum Gasteiger partial charge on any atom is -0.479 e. The van der Waals surface area contributed by atoms with Gasteiger partial charge < -0.3 is 30.1 Å². The number of nitrogens with zero attached hydrogens (tertiary/aromatic N) is 1. The van der Waals surface area contributed by atoms with Gasteiger partial charge in [-0.15, -0.1) is 0 Å². The second-order valence-corrected chi connectivity index (χ2v) is 11.3. The maximum absolute atomic E-state index is 12.5. The van der Waals surface area contributed by atoms with Crippen molar-refractivity contribution in [1.82, 2.24) is 10.2 Å². The van der Waals surface area contributed by atoms with Crippen molar-refractivity contribution in [2.75, 3.05) is 13.1 Å². The molecule has 1 saturated heterocycles. The lowest BCUT2D eigenvalue weighted by Gasteiger charge is -2.35. The highest BCUT2D eigenvalue weighted by molar-refractivity contribution is 6.14. The predicted octanol–water partition coefficient (Wildman–Crippen LogP) is 0.899. The molecule has 3 amide bonds. The van der Waals surface area contributed by atoms with E-state index < -0.39 is 53.7 Å². The molecule has 12 nitrogen and oxygen atoms in total. The normalized spacial score (nSPS) is 22.6. The summed E-state index contributed by atoms with van der Waals surface area (Å²) in [6.07, 6.45) is -1.15. The van der Waals surface area contributed by atoms with Crippen LogP contribution in [-0.2, 0) is 41.6 Å². The zero-order valence-electron chi connectivity index (χ0n) is 23.5. The van der Waals surface area contributed by atoms with Crippen molar-refractivity contribution in [2.24, 2.45) is 5.41 Å². The summed E-state index contributed by atoms with van der Waals surface area (Å²) in [6, 6.07) is 5.42. The third-order valence-corrected chi connectivity index (χ3v) is 6.95. The van der Waals surface area contributed by atoms with Gasteiger partial charge in [-0.05, 0) is 42.9 Å². The van der Waals surface area contributed by atoms with Crippen LogP contribution in [-0.4, -0.2) is 87.4 Å². The SMILES string of the molecule is CC(C)(C)C(=O)CCc1ccc(CCCCNC(=O)CN2C(=O)C=CC2=O)cc1O[C@@H]1O[C@H](C(=O)O)C[C@H](O)[C@H]1O. The molecule has 2 aliphatic rings. The van der Waals surface area contributed by atoms with Gasteiger partial charge in [-0.3, -0.25) is 24.1 Å². The smallest absolute Gasteiger partial charge is 0.333 e. The molecule has 3 rings (SSSR count). The number of aliphatic carboxylic acids is 1. The average Bonchev–Trinajstić information content (AvgIpc) is 3.21. The Morgan fingerprint density at radius 2 is 1.76 bits per heavy atom. The molecule has 2 heterocycles. The Morgan fingerprint density at radius 1 is 1.07 bits per heavy atom. The number of nitrogens with one attached hydrogen (secondary N) is 1. The van der Waals surface area contributed by atoms with E-state index in [0.717, 1.165) is 22.6 Å². The maximum Gasteiger partial charge on any atom is 0.333 e. The zero-order chi connectivity index (χ0) is 30.3. The predicted molar refractivity (Wildman–Crippen MR) is 145 cm³/mol. The number of imide groups is 1. The summed E-state index contributed by atoms with van der Waals surface area (Å²) in [7, 11) is 0. The van der Waals surface area contributed by atoms with Crippen LogP contribution in [0.2, 0.25) is 0 Å². The first-order valence-corrected chi connectivity index (χ1v) is 13.6. The number of Topliss-reactive ketones (excluding diaryl/α,β-unsaturated/α-hetero) is 1. The van der Waals surface area contributed by atoms with Crippen molar-refractivity contribution in [2.45, 2.75) is 83.9 Å². The van der Waals surface area contributed by atoms with Crippen LogP contribution < -0.4 is 10.1 Å². The number of ether oxygens (including phenoxy) is 2. The van der Waals surface area contributed by atoms with E-state index in [-0.39, 0.29) is 25.2 Å². The lowest BCUT2D eigenvalue weighted by molar-refractivity contribution is -0.238. The number of hydrogen-bond donors (Lipinski definition) is 4. The second-order valence-electron chi connectivity index (χ2n) is 11.3. The Balaban J connectivity index is 1.61. The number of hydrogen-bond acceptors (Lipinski definition) is 9. The Bertz CT molecular complexity index is 1170. The molecule has 0 aromatic heterocycles. The number of ketones is 1. The molecule has 0 saturated carbocycles. The minimum atomic E-state index is -1.47. The van der Waals surface area contributed by atoms with Crippen LogP contribution in [0, 0.1) is 5.41 Å². The number of carboxylic acids is 1. The van der Waals surface area contributed by atoms with Crippen LogP contribution >= 0.6 is 0 Å². The van der Waals surface area contributed by atoms with Crippen LogP contribution in [0.25, 0.3) is 0 Å². The quantitative estimate of drug-likeness (QED) is 0.195. The third-order valence-electron chi connectivity index (χ3n) is 6.95. The summed E-state index contributed by atoms with van der Waals surface area (Å²) in [5, 5.41) is 32.6. The molecule has 1 aromatic carbocycles. The van der Waals surface area contributed by atoms with Crippen molar-refractivity contribution in [1.29, 1.82) is 0 Å². The zero-order valence-corrected chi connectivity index (χ0v) is 23.5. The van der Waals surface area contributed by atoms with Gasteiger partial charge >= 0.3 is 5.97 Å². The molecule has 1 fully saturated rings. The van der Waals surface area contributed by atoms with Gasteiger partial charge in [0.05, 0.1) is 6.10 Å². The molecule has 0 spiro atoms. The fourth-order valence-electron chi connectivity index (χ4n) is 4.38. The van der Waals surface area contributed by atoms with Gasteiger partial charge in [0.15, 0.2) is 6.10 Å². The van der Waals surface area contributed by atoms with E-state index in [1.54, 1.807) is 12.1 Å². The number of carbonyl (C=O) groups is 5. The Hall–Kier alpha value is -3.61. The molecule has 4 N–H and O–H groups in total. The van der Waals surface area contributed by atoms with E-state index in [1.807, 2.05) is 26.8 Å². The summed E-state index contributed by atoms with van der Waals surface area (Å²) in [5.74, 6) is -2.39. The number of aliphatic hydroxyl groups excluding tert-OH is 2. The standard InChI is InChI=1S/C29H38N2O10/c1-29(2,3)22(33)10-9-18-8-7-17(6-4-5-13-30-23(34)16-31-24(35)11-12-25(31)36)14-20(18)40-28-26(37)19(32)15-21(41-28)27(38)39/h7-8,11-12,14,19,21,26,28,32,37H,4-6,9-10,13,15-16H2,1-3H3,(H,30,34)(H,38,39)/t19-,21-,26+,28+/m0/s1. The van der Waals surface area contributed by atoms with Gasteiger partial charge in [-0.25, -0.2) is 4.79 Å². The number of benzene rings is 1. The first-order chi connectivity index (χ1) is 19.3. The summed E-state index contributed by atoms with van der Waals surface area (Å²) < 4.78 is 11.3. The molecule has 224 valence electrons. The first kappa shape index (κ1) is 31.9. The van der Waals surface area contributed by atoms with Crippen LogP contribution in [0.5, 0.6) is 5.75 Å². The largest absolute Gasteiger partial charge is 0.479 e. The molecule has 2 aliphatic heterocycles. The summed E-state index contributed by atoms with van der Waals surface area (Å²) >= 11 is 0. The molecule has 0 aliphatic carbocycles. The Labute approximate surface area is 238 Å². The van der Waals surface area contributed by atoms with Crippen molar-refractivity contribution in [3.63, 3.8) is 0 Å². The molecule has 41 heavy (non-hydrogen) atoms. The maximum atomic E-state index is 12.5. The Kier molecular flexibility index (Phi) is 10.8. The van der Waals surface area contributed by atoms with Crippen molar-refractivity contribution >= 4 is 29.5 Å². The highest BCUT2D eigenvalue weighted by atomic mass is 16.7. The first-order valence-electron chi connectivity index (χ1n) is 13.6. The molecular weight excluding hydrogens is 536 g/mol. The van der Waals surface area contributed by atoms with Gasteiger partial charge in [-0.1, -0.05) is 32.9 Å². The molecule has 12 heteroatoms. The average molecular weight is 575 g/mol. The lowest BCUT2D eigenvalue weighted by atomic mass is 9.87. The lowest BCUT2D eigenvalue weighted by Crippen LogP contribution is -2.52. The van der Waals surface area contributed by atoms with Gasteiger partial charge in [0.1, 0.15) is 24.2 Å². The summed E-state index contributed by atoms with van der Waals surface area (Å²) in [6.45, 7) is 5.51. The van der Waals surface area contributed by atoms with Crippen molar-refractivity contribution in [3.8, 4) is 5.75 Å². The fourth-order valence-corrected chi connectivity index (χ4v) is 4.38. The number of amides is 3. The summed E-state index contributed by atoms with van der Waals surface area (Å²) in [4.78, 5) is 60.1.